The predicted octanol–water partition coefficient (Wildman–Crippen LogP) is 1.58. The van der Waals surface area contributed by atoms with Crippen LogP contribution in [-0.2, 0) is 0 Å². The van der Waals surface area contributed by atoms with Crippen LogP contribution in [0.5, 0.6) is 0 Å². The summed E-state index contributed by atoms with van der Waals surface area (Å²) in [6.07, 6.45) is 3.33. The molecule has 1 fully saturated rings. The van der Waals surface area contributed by atoms with Crippen molar-refractivity contribution in [1.29, 1.82) is 0 Å². The number of thioether (sulfide) groups is 2. The van der Waals surface area contributed by atoms with Crippen LogP contribution in [0.25, 0.3) is 0 Å². The second-order valence-electron chi connectivity index (χ2n) is 3.88. The van der Waals surface area contributed by atoms with Gasteiger partial charge < -0.3 is 10.4 Å². The summed E-state index contributed by atoms with van der Waals surface area (Å²) >= 11 is 3.79. The molecule has 84 valence electrons. The maximum absolute atomic E-state index is 9.17. The third kappa shape index (κ3) is 3.33. The van der Waals surface area contributed by atoms with Gasteiger partial charge in [-0.2, -0.15) is 23.5 Å². The van der Waals surface area contributed by atoms with Crippen LogP contribution in [-0.4, -0.2) is 46.3 Å². The molecule has 0 bridgehead atoms. The van der Waals surface area contributed by atoms with Crippen molar-refractivity contribution in [3.05, 3.63) is 0 Å². The van der Waals surface area contributed by atoms with Gasteiger partial charge in [0.1, 0.15) is 0 Å². The van der Waals surface area contributed by atoms with Crippen LogP contribution >= 0.6 is 23.5 Å². The fraction of sp³-hybridized carbons (Fsp3) is 1.00. The highest BCUT2D eigenvalue weighted by molar-refractivity contribution is 8.00. The van der Waals surface area contributed by atoms with Crippen LogP contribution in [0, 0.1) is 0 Å². The maximum atomic E-state index is 9.17. The minimum atomic E-state index is 0.267. The predicted molar refractivity (Wildman–Crippen MR) is 67.3 cm³/mol. The molecular weight excluding hydrogens is 214 g/mol. The first kappa shape index (κ1) is 12.7. The van der Waals surface area contributed by atoms with Crippen LogP contribution in [0.1, 0.15) is 20.3 Å². The summed E-state index contributed by atoms with van der Waals surface area (Å²) in [7, 11) is 0. The van der Waals surface area contributed by atoms with Gasteiger partial charge in [0.25, 0.3) is 0 Å². The van der Waals surface area contributed by atoms with E-state index in [1.807, 2.05) is 11.8 Å². The highest BCUT2D eigenvalue weighted by atomic mass is 32.2. The molecule has 2 N–H and O–H groups in total. The molecule has 1 rings (SSSR count). The summed E-state index contributed by atoms with van der Waals surface area (Å²) < 4.78 is 0. The van der Waals surface area contributed by atoms with Crippen molar-refractivity contribution in [2.45, 2.75) is 42.9 Å². The van der Waals surface area contributed by atoms with E-state index in [1.165, 1.54) is 12.2 Å². The lowest BCUT2D eigenvalue weighted by Gasteiger charge is -2.26. The summed E-state index contributed by atoms with van der Waals surface area (Å²) in [5, 5.41) is 13.8. The SMILES string of the molecule is CSC(CO)C(C)NC1CCSC1C. The Bertz CT molecular complexity index is 164. The van der Waals surface area contributed by atoms with Gasteiger partial charge in [0.15, 0.2) is 0 Å². The smallest absolute Gasteiger partial charge is 0.0564 e. The summed E-state index contributed by atoms with van der Waals surface area (Å²) in [4.78, 5) is 0. The van der Waals surface area contributed by atoms with Gasteiger partial charge in [-0.25, -0.2) is 0 Å². The van der Waals surface area contributed by atoms with Gasteiger partial charge >= 0.3 is 0 Å². The molecule has 2 nitrogen and oxygen atoms in total. The molecule has 4 atom stereocenters. The lowest BCUT2D eigenvalue weighted by Crippen LogP contribution is -2.45. The zero-order valence-electron chi connectivity index (χ0n) is 9.19. The Morgan fingerprint density at radius 3 is 2.79 bits per heavy atom. The van der Waals surface area contributed by atoms with E-state index in [0.29, 0.717) is 17.3 Å². The molecule has 4 unspecified atom stereocenters. The van der Waals surface area contributed by atoms with Crippen LogP contribution in [0.3, 0.4) is 0 Å². The number of hydrogen-bond acceptors (Lipinski definition) is 4. The minimum Gasteiger partial charge on any atom is -0.395 e. The van der Waals surface area contributed by atoms with Crippen molar-refractivity contribution in [2.24, 2.45) is 0 Å². The zero-order chi connectivity index (χ0) is 10.6. The molecule has 0 spiro atoms. The fourth-order valence-corrected chi connectivity index (χ4v) is 3.68. The second-order valence-corrected chi connectivity index (χ2v) is 6.45. The number of aliphatic hydroxyl groups excluding tert-OH is 1. The zero-order valence-corrected chi connectivity index (χ0v) is 10.8. The Hall–Kier alpha value is 0.620. The van der Waals surface area contributed by atoms with E-state index >= 15 is 0 Å². The monoisotopic (exact) mass is 235 g/mol. The lowest BCUT2D eigenvalue weighted by atomic mass is 10.1. The quantitative estimate of drug-likeness (QED) is 0.758. The molecule has 0 aromatic carbocycles. The molecule has 1 aliphatic heterocycles. The third-order valence-electron chi connectivity index (χ3n) is 2.89. The van der Waals surface area contributed by atoms with E-state index in [4.69, 9.17) is 0 Å². The Kier molecular flexibility index (Phi) is 5.67. The van der Waals surface area contributed by atoms with Crippen LogP contribution < -0.4 is 5.32 Å². The average Bonchev–Trinajstić information content (AvgIpc) is 2.54. The van der Waals surface area contributed by atoms with E-state index in [2.05, 4.69) is 25.4 Å². The normalized spacial score (nSPS) is 31.7. The molecule has 1 aliphatic rings. The van der Waals surface area contributed by atoms with E-state index in [1.54, 1.807) is 11.8 Å². The summed E-state index contributed by atoms with van der Waals surface area (Å²) in [6, 6.07) is 1.04. The molecule has 1 saturated heterocycles. The maximum Gasteiger partial charge on any atom is 0.0564 e. The van der Waals surface area contributed by atoms with Gasteiger partial charge in [-0.15, -0.1) is 0 Å². The minimum absolute atomic E-state index is 0.267. The fourth-order valence-electron chi connectivity index (χ4n) is 1.83. The Morgan fingerprint density at radius 2 is 2.36 bits per heavy atom. The number of nitrogens with one attached hydrogen (secondary N) is 1. The molecular formula is C10H21NOS2. The first-order chi connectivity index (χ1) is 6.69. The van der Waals surface area contributed by atoms with Gasteiger partial charge in [0.05, 0.1) is 6.61 Å². The number of rotatable bonds is 5. The highest BCUT2D eigenvalue weighted by Crippen LogP contribution is 2.27. The summed E-state index contributed by atoms with van der Waals surface area (Å²) in [6.45, 7) is 4.73. The Morgan fingerprint density at radius 1 is 1.64 bits per heavy atom. The largest absolute Gasteiger partial charge is 0.395 e. The van der Waals surface area contributed by atoms with Crippen molar-refractivity contribution in [3.8, 4) is 0 Å². The molecule has 0 aromatic rings. The Balaban J connectivity index is 2.34. The van der Waals surface area contributed by atoms with E-state index < -0.39 is 0 Å². The molecule has 14 heavy (non-hydrogen) atoms. The van der Waals surface area contributed by atoms with Crippen molar-refractivity contribution in [2.75, 3.05) is 18.6 Å². The standard InChI is InChI=1S/C10H21NOS2/c1-7(10(6-12)13-3)11-9-4-5-14-8(9)2/h7-12H,4-6H2,1-3H3. The van der Waals surface area contributed by atoms with E-state index in [0.717, 1.165) is 5.25 Å². The van der Waals surface area contributed by atoms with Gasteiger partial charge in [0.2, 0.25) is 0 Å². The van der Waals surface area contributed by atoms with Crippen LogP contribution in [0.4, 0.5) is 0 Å². The van der Waals surface area contributed by atoms with Gasteiger partial charge in [-0.3, -0.25) is 0 Å². The van der Waals surface area contributed by atoms with Crippen LogP contribution in [0.15, 0.2) is 0 Å². The highest BCUT2D eigenvalue weighted by Gasteiger charge is 2.27. The Labute approximate surface area is 95.6 Å². The summed E-state index contributed by atoms with van der Waals surface area (Å²) in [5.41, 5.74) is 0. The molecule has 0 aromatic heterocycles. The van der Waals surface area contributed by atoms with E-state index in [-0.39, 0.29) is 6.61 Å². The number of hydrogen-bond donors (Lipinski definition) is 2. The van der Waals surface area contributed by atoms with Gasteiger partial charge in [-0.1, -0.05) is 6.92 Å². The average molecular weight is 235 g/mol. The van der Waals surface area contributed by atoms with Gasteiger partial charge in [0, 0.05) is 22.6 Å². The van der Waals surface area contributed by atoms with Crippen LogP contribution in [0.2, 0.25) is 0 Å². The van der Waals surface area contributed by atoms with Crippen molar-refractivity contribution >= 4 is 23.5 Å². The molecule has 0 aliphatic carbocycles. The molecule has 1 heterocycles. The molecule has 0 amide bonds. The molecule has 0 radical (unpaired) electrons. The van der Waals surface area contributed by atoms with Crippen molar-refractivity contribution < 1.29 is 5.11 Å². The van der Waals surface area contributed by atoms with Crippen molar-refractivity contribution in [1.82, 2.24) is 5.32 Å². The van der Waals surface area contributed by atoms with Crippen molar-refractivity contribution in [3.63, 3.8) is 0 Å². The van der Waals surface area contributed by atoms with E-state index in [9.17, 15) is 5.11 Å². The third-order valence-corrected chi connectivity index (χ3v) is 5.38. The topological polar surface area (TPSA) is 32.3 Å². The molecule has 0 saturated carbocycles. The number of aliphatic hydroxyl groups is 1. The van der Waals surface area contributed by atoms with Gasteiger partial charge in [-0.05, 0) is 25.4 Å². The first-order valence-electron chi connectivity index (χ1n) is 5.20. The second kappa shape index (κ2) is 6.26. The molecule has 4 heteroatoms. The summed E-state index contributed by atoms with van der Waals surface area (Å²) in [5.74, 6) is 1.27. The lowest BCUT2D eigenvalue weighted by molar-refractivity contribution is 0.270. The first-order valence-corrected chi connectivity index (χ1v) is 7.54.